The Labute approximate surface area is 69.1 Å². The highest BCUT2D eigenvalue weighted by Gasteiger charge is 2.54. The molecule has 0 radical (unpaired) electrons. The summed E-state index contributed by atoms with van der Waals surface area (Å²) in [5.41, 5.74) is 0.523. The van der Waals surface area contributed by atoms with Crippen molar-refractivity contribution < 1.29 is 4.74 Å². The van der Waals surface area contributed by atoms with Crippen LogP contribution in [-0.4, -0.2) is 13.2 Å². The van der Waals surface area contributed by atoms with Gasteiger partial charge in [0.15, 0.2) is 0 Å². The summed E-state index contributed by atoms with van der Waals surface area (Å²) in [6.45, 7) is 9.10. The smallest absolute Gasteiger partial charge is 0.0500 e. The maximum atomic E-state index is 5.35. The fourth-order valence-electron chi connectivity index (χ4n) is 2.37. The fourth-order valence-corrected chi connectivity index (χ4v) is 2.37. The zero-order valence-corrected chi connectivity index (χ0v) is 7.76. The molecule has 0 N–H and O–H groups in total. The Hall–Kier alpha value is -0.0400. The molecule has 1 aliphatic carbocycles. The van der Waals surface area contributed by atoms with E-state index in [9.17, 15) is 0 Å². The zero-order valence-electron chi connectivity index (χ0n) is 7.76. The molecule has 0 aromatic rings. The monoisotopic (exact) mass is 154 g/mol. The molecule has 0 aromatic heterocycles. The van der Waals surface area contributed by atoms with Gasteiger partial charge in [0, 0.05) is 0 Å². The molecule has 2 fully saturated rings. The molecule has 1 heteroatoms. The van der Waals surface area contributed by atoms with Gasteiger partial charge in [0.25, 0.3) is 0 Å². The molecule has 0 bridgehead atoms. The van der Waals surface area contributed by atoms with Gasteiger partial charge in [-0.2, -0.15) is 0 Å². The highest BCUT2D eigenvalue weighted by molar-refractivity contribution is 5.01. The summed E-state index contributed by atoms with van der Waals surface area (Å²) in [5, 5.41) is 0. The van der Waals surface area contributed by atoms with Crippen LogP contribution in [0.15, 0.2) is 0 Å². The first-order valence-electron chi connectivity index (χ1n) is 4.66. The molecule has 2 rings (SSSR count). The van der Waals surface area contributed by atoms with E-state index in [-0.39, 0.29) is 0 Å². The Bertz CT molecular complexity index is 147. The van der Waals surface area contributed by atoms with Crippen LogP contribution >= 0.6 is 0 Å². The molecular formula is C10H18O. The molecule has 1 unspecified atom stereocenters. The Morgan fingerprint density at radius 2 is 1.73 bits per heavy atom. The van der Waals surface area contributed by atoms with Gasteiger partial charge < -0.3 is 4.74 Å². The summed E-state index contributed by atoms with van der Waals surface area (Å²) in [4.78, 5) is 0. The Morgan fingerprint density at radius 1 is 1.18 bits per heavy atom. The third kappa shape index (κ3) is 1.44. The predicted molar refractivity (Wildman–Crippen MR) is 45.4 cm³/mol. The van der Waals surface area contributed by atoms with E-state index in [1.54, 1.807) is 0 Å². The highest BCUT2D eigenvalue weighted by atomic mass is 16.5. The van der Waals surface area contributed by atoms with Crippen LogP contribution in [0, 0.1) is 23.2 Å². The van der Waals surface area contributed by atoms with Crippen molar-refractivity contribution in [1.29, 1.82) is 0 Å². The topological polar surface area (TPSA) is 9.23 Å². The van der Waals surface area contributed by atoms with Gasteiger partial charge in [-0.3, -0.25) is 0 Å². The molecule has 0 aromatic carbocycles. The van der Waals surface area contributed by atoms with E-state index in [2.05, 4.69) is 20.8 Å². The first kappa shape index (κ1) is 7.60. The average Bonchev–Trinajstić information content (AvgIpc) is 2.39. The lowest BCUT2D eigenvalue weighted by atomic mass is 9.88. The van der Waals surface area contributed by atoms with E-state index < -0.39 is 0 Å². The minimum absolute atomic E-state index is 0.523. The lowest BCUT2D eigenvalue weighted by Crippen LogP contribution is -2.09. The Morgan fingerprint density at radius 3 is 2.18 bits per heavy atom. The van der Waals surface area contributed by atoms with E-state index in [1.165, 1.54) is 6.42 Å². The predicted octanol–water partition coefficient (Wildman–Crippen LogP) is 2.32. The molecule has 1 heterocycles. The fraction of sp³-hybridized carbons (Fsp3) is 1.00. The largest absolute Gasteiger partial charge is 0.381 e. The maximum Gasteiger partial charge on any atom is 0.0500 e. The summed E-state index contributed by atoms with van der Waals surface area (Å²) >= 11 is 0. The Balaban J connectivity index is 1.83. The minimum atomic E-state index is 0.523. The van der Waals surface area contributed by atoms with Crippen LogP contribution in [0.5, 0.6) is 0 Å². The molecular weight excluding hydrogens is 136 g/mol. The van der Waals surface area contributed by atoms with Gasteiger partial charge in [0.2, 0.25) is 0 Å². The number of ether oxygens (including phenoxy) is 1. The van der Waals surface area contributed by atoms with Crippen LogP contribution in [-0.2, 0) is 4.74 Å². The van der Waals surface area contributed by atoms with E-state index in [4.69, 9.17) is 4.74 Å². The van der Waals surface area contributed by atoms with Crippen molar-refractivity contribution in [3.05, 3.63) is 0 Å². The van der Waals surface area contributed by atoms with Crippen LogP contribution in [0.1, 0.15) is 27.2 Å². The summed E-state index contributed by atoms with van der Waals surface area (Å²) in [5.74, 6) is 2.88. The van der Waals surface area contributed by atoms with Crippen molar-refractivity contribution >= 4 is 0 Å². The van der Waals surface area contributed by atoms with Crippen LogP contribution in [0.3, 0.4) is 0 Å². The summed E-state index contributed by atoms with van der Waals surface area (Å²) in [6, 6.07) is 0. The number of hydrogen-bond acceptors (Lipinski definition) is 1. The first-order chi connectivity index (χ1) is 5.08. The second-order valence-corrected chi connectivity index (χ2v) is 5.29. The van der Waals surface area contributed by atoms with E-state index >= 15 is 0 Å². The van der Waals surface area contributed by atoms with E-state index in [0.29, 0.717) is 5.41 Å². The van der Waals surface area contributed by atoms with E-state index in [0.717, 1.165) is 31.0 Å². The van der Waals surface area contributed by atoms with Crippen LogP contribution in [0.2, 0.25) is 0 Å². The molecule has 1 aliphatic heterocycles. The maximum absolute atomic E-state index is 5.35. The second kappa shape index (κ2) is 2.22. The molecule has 1 saturated carbocycles. The minimum Gasteiger partial charge on any atom is -0.381 e. The SMILES string of the molecule is CC(C)(C)CC1[C@H]2COC[C@@H]12. The van der Waals surface area contributed by atoms with E-state index in [1.807, 2.05) is 0 Å². The van der Waals surface area contributed by atoms with Crippen molar-refractivity contribution in [2.24, 2.45) is 23.2 Å². The van der Waals surface area contributed by atoms with Gasteiger partial charge in [0.05, 0.1) is 13.2 Å². The van der Waals surface area contributed by atoms with Gasteiger partial charge in [0.1, 0.15) is 0 Å². The standard InChI is InChI=1S/C10H18O/c1-10(2,3)4-7-8-5-11-6-9(7)8/h7-9H,4-6H2,1-3H3/t7?,8-,9+. The molecule has 0 amide bonds. The molecule has 0 spiro atoms. The lowest BCUT2D eigenvalue weighted by Gasteiger charge is -2.18. The number of fused-ring (bicyclic) bond motifs is 1. The van der Waals surface area contributed by atoms with Crippen molar-refractivity contribution in [3.63, 3.8) is 0 Å². The summed E-state index contributed by atoms with van der Waals surface area (Å²) in [7, 11) is 0. The molecule has 1 saturated heterocycles. The second-order valence-electron chi connectivity index (χ2n) is 5.29. The quantitative estimate of drug-likeness (QED) is 0.563. The van der Waals surface area contributed by atoms with Crippen molar-refractivity contribution in [3.8, 4) is 0 Å². The zero-order chi connectivity index (χ0) is 8.06. The van der Waals surface area contributed by atoms with Crippen molar-refractivity contribution in [2.75, 3.05) is 13.2 Å². The van der Waals surface area contributed by atoms with Gasteiger partial charge in [-0.1, -0.05) is 20.8 Å². The summed E-state index contributed by atoms with van der Waals surface area (Å²) in [6.07, 6.45) is 1.39. The van der Waals surface area contributed by atoms with Crippen molar-refractivity contribution in [2.45, 2.75) is 27.2 Å². The van der Waals surface area contributed by atoms with Gasteiger partial charge >= 0.3 is 0 Å². The average molecular weight is 154 g/mol. The molecule has 2 aliphatic rings. The third-order valence-corrected chi connectivity index (χ3v) is 2.98. The molecule has 11 heavy (non-hydrogen) atoms. The summed E-state index contributed by atoms with van der Waals surface area (Å²) < 4.78 is 5.35. The molecule has 1 nitrogen and oxygen atoms in total. The third-order valence-electron chi connectivity index (χ3n) is 2.98. The van der Waals surface area contributed by atoms with Crippen LogP contribution < -0.4 is 0 Å². The van der Waals surface area contributed by atoms with Gasteiger partial charge in [-0.15, -0.1) is 0 Å². The first-order valence-corrected chi connectivity index (χ1v) is 4.66. The number of hydrogen-bond donors (Lipinski definition) is 0. The van der Waals surface area contributed by atoms with Gasteiger partial charge in [-0.25, -0.2) is 0 Å². The molecule has 3 atom stereocenters. The lowest BCUT2D eigenvalue weighted by molar-refractivity contribution is 0.141. The Kier molecular flexibility index (Phi) is 1.54. The van der Waals surface area contributed by atoms with Crippen LogP contribution in [0.25, 0.3) is 0 Å². The van der Waals surface area contributed by atoms with Crippen LogP contribution in [0.4, 0.5) is 0 Å². The van der Waals surface area contributed by atoms with Crippen molar-refractivity contribution in [1.82, 2.24) is 0 Å². The normalized spacial score (nSPS) is 42.3. The van der Waals surface area contributed by atoms with Gasteiger partial charge in [-0.05, 0) is 29.6 Å². The number of rotatable bonds is 1. The highest BCUT2D eigenvalue weighted by Crippen LogP contribution is 2.55. The molecule has 64 valence electrons.